The Morgan fingerprint density at radius 2 is 1.85 bits per heavy atom. The average Bonchev–Trinajstić information content (AvgIpc) is 2.42. The third-order valence-corrected chi connectivity index (χ3v) is 3.92. The predicted octanol–water partition coefficient (Wildman–Crippen LogP) is 1.66. The summed E-state index contributed by atoms with van der Waals surface area (Å²) in [6.07, 6.45) is 3.47. The lowest BCUT2D eigenvalue weighted by Gasteiger charge is -2.28. The molecule has 2 N–H and O–H groups in total. The number of rotatable bonds is 5. The molecular formula is C15H26N4O. The first-order valence-corrected chi connectivity index (χ1v) is 7.52. The van der Waals surface area contributed by atoms with Crippen molar-refractivity contribution < 1.29 is 5.11 Å². The maximum atomic E-state index is 10.1. The number of aliphatic hydroxyl groups excluding tert-OH is 1. The number of anilines is 1. The average molecular weight is 278 g/mol. The lowest BCUT2D eigenvalue weighted by Crippen LogP contribution is -2.39. The first kappa shape index (κ1) is 15.2. The van der Waals surface area contributed by atoms with Crippen LogP contribution in [-0.2, 0) is 0 Å². The summed E-state index contributed by atoms with van der Waals surface area (Å²) in [4.78, 5) is 11.1. The number of aryl methyl sites for hydroxylation is 2. The zero-order valence-electron chi connectivity index (χ0n) is 12.8. The van der Waals surface area contributed by atoms with Crippen molar-refractivity contribution >= 4 is 5.82 Å². The van der Waals surface area contributed by atoms with E-state index in [-0.39, 0.29) is 6.10 Å². The van der Waals surface area contributed by atoms with Crippen LogP contribution in [0.1, 0.15) is 36.3 Å². The van der Waals surface area contributed by atoms with Gasteiger partial charge in [0, 0.05) is 24.3 Å². The molecule has 1 aromatic rings. The van der Waals surface area contributed by atoms with Gasteiger partial charge >= 0.3 is 0 Å². The van der Waals surface area contributed by atoms with Crippen LogP contribution in [0.2, 0.25) is 0 Å². The van der Waals surface area contributed by atoms with Gasteiger partial charge in [-0.25, -0.2) is 9.97 Å². The summed E-state index contributed by atoms with van der Waals surface area (Å²) >= 11 is 0. The molecule has 5 nitrogen and oxygen atoms in total. The first-order valence-electron chi connectivity index (χ1n) is 7.52. The third-order valence-electron chi connectivity index (χ3n) is 3.92. The number of β-amino-alcohol motifs (C(OH)–C–C–N with tert-alkyl or cyclic N) is 1. The van der Waals surface area contributed by atoms with Crippen LogP contribution in [-0.4, -0.2) is 52.3 Å². The zero-order valence-corrected chi connectivity index (χ0v) is 12.8. The number of aliphatic hydroxyl groups is 1. The van der Waals surface area contributed by atoms with E-state index in [0.29, 0.717) is 6.54 Å². The van der Waals surface area contributed by atoms with Crippen molar-refractivity contribution in [2.75, 3.05) is 31.5 Å². The van der Waals surface area contributed by atoms with Crippen LogP contribution in [0.4, 0.5) is 5.82 Å². The third kappa shape index (κ3) is 4.15. The number of likely N-dealkylation sites (tertiary alicyclic amines) is 1. The molecule has 1 saturated heterocycles. The van der Waals surface area contributed by atoms with Crippen molar-refractivity contribution in [3.8, 4) is 0 Å². The molecule has 1 atom stereocenters. The number of nitrogens with zero attached hydrogens (tertiary/aromatic N) is 3. The molecule has 2 heterocycles. The van der Waals surface area contributed by atoms with Crippen LogP contribution in [0.25, 0.3) is 0 Å². The number of aromatic nitrogens is 2. The van der Waals surface area contributed by atoms with Gasteiger partial charge in [-0.15, -0.1) is 0 Å². The Morgan fingerprint density at radius 3 is 2.55 bits per heavy atom. The van der Waals surface area contributed by atoms with Gasteiger partial charge in [0.15, 0.2) is 0 Å². The quantitative estimate of drug-likeness (QED) is 0.858. The highest BCUT2D eigenvalue weighted by Crippen LogP contribution is 2.14. The summed E-state index contributed by atoms with van der Waals surface area (Å²) < 4.78 is 0. The van der Waals surface area contributed by atoms with Crippen molar-refractivity contribution in [3.05, 3.63) is 17.1 Å². The highest BCUT2D eigenvalue weighted by molar-refractivity contribution is 5.45. The van der Waals surface area contributed by atoms with E-state index in [1.165, 1.54) is 19.3 Å². The fraction of sp³-hybridized carbons (Fsp3) is 0.733. The van der Waals surface area contributed by atoms with Crippen LogP contribution in [0, 0.1) is 20.8 Å². The maximum Gasteiger partial charge on any atom is 0.132 e. The standard InChI is InChI=1S/C15H26N4O/c1-11-12(2)17-13(3)18-15(11)16-9-14(20)10-19-7-5-4-6-8-19/h14,20H,4-10H2,1-3H3,(H,16,17,18). The van der Waals surface area contributed by atoms with Gasteiger partial charge < -0.3 is 15.3 Å². The summed E-state index contributed by atoms with van der Waals surface area (Å²) in [5.41, 5.74) is 2.05. The highest BCUT2D eigenvalue weighted by atomic mass is 16.3. The SMILES string of the molecule is Cc1nc(C)c(C)c(NCC(O)CN2CCCCC2)n1. The molecule has 5 heteroatoms. The van der Waals surface area contributed by atoms with Gasteiger partial charge in [-0.2, -0.15) is 0 Å². The smallest absolute Gasteiger partial charge is 0.132 e. The second-order valence-electron chi connectivity index (χ2n) is 5.73. The largest absolute Gasteiger partial charge is 0.390 e. The van der Waals surface area contributed by atoms with Crippen molar-refractivity contribution in [2.45, 2.75) is 46.1 Å². The maximum absolute atomic E-state index is 10.1. The molecule has 0 amide bonds. The Kier molecular flexibility index (Phi) is 5.31. The van der Waals surface area contributed by atoms with Gasteiger partial charge in [-0.3, -0.25) is 0 Å². The minimum atomic E-state index is -0.358. The normalized spacial score (nSPS) is 18.0. The summed E-state index contributed by atoms with van der Waals surface area (Å²) in [7, 11) is 0. The second kappa shape index (κ2) is 6.99. The number of hydrogen-bond donors (Lipinski definition) is 2. The van der Waals surface area contributed by atoms with Gasteiger partial charge in [0.05, 0.1) is 6.10 Å². The lowest BCUT2D eigenvalue weighted by atomic mass is 10.1. The first-order chi connectivity index (χ1) is 9.56. The molecular weight excluding hydrogens is 252 g/mol. The Morgan fingerprint density at radius 1 is 1.15 bits per heavy atom. The Bertz CT molecular complexity index is 444. The molecule has 0 radical (unpaired) electrons. The topological polar surface area (TPSA) is 61.3 Å². The van der Waals surface area contributed by atoms with E-state index in [1.54, 1.807) is 0 Å². The van der Waals surface area contributed by atoms with Gasteiger partial charge in [0.1, 0.15) is 11.6 Å². The summed E-state index contributed by atoms with van der Waals surface area (Å²) in [5, 5.41) is 13.4. The van der Waals surface area contributed by atoms with E-state index < -0.39 is 0 Å². The molecule has 2 rings (SSSR count). The van der Waals surface area contributed by atoms with E-state index in [0.717, 1.165) is 42.5 Å². The number of nitrogens with one attached hydrogen (secondary N) is 1. The molecule has 0 aliphatic carbocycles. The minimum Gasteiger partial charge on any atom is -0.390 e. The molecule has 1 aliphatic heterocycles. The Balaban J connectivity index is 1.85. The monoisotopic (exact) mass is 278 g/mol. The molecule has 0 saturated carbocycles. The van der Waals surface area contributed by atoms with E-state index >= 15 is 0 Å². The molecule has 1 unspecified atom stereocenters. The van der Waals surface area contributed by atoms with Crippen molar-refractivity contribution in [2.24, 2.45) is 0 Å². The summed E-state index contributed by atoms with van der Waals surface area (Å²) in [6, 6.07) is 0. The van der Waals surface area contributed by atoms with Crippen molar-refractivity contribution in [1.82, 2.24) is 14.9 Å². The Hall–Kier alpha value is -1.20. The zero-order chi connectivity index (χ0) is 14.5. The van der Waals surface area contributed by atoms with E-state index in [1.807, 2.05) is 20.8 Å². The fourth-order valence-corrected chi connectivity index (χ4v) is 2.66. The van der Waals surface area contributed by atoms with Crippen LogP contribution >= 0.6 is 0 Å². The van der Waals surface area contributed by atoms with Gasteiger partial charge in [-0.1, -0.05) is 6.42 Å². The van der Waals surface area contributed by atoms with Crippen LogP contribution in [0.15, 0.2) is 0 Å². The Labute approximate surface area is 121 Å². The summed E-state index contributed by atoms with van der Waals surface area (Å²) in [6.45, 7) is 9.39. The predicted molar refractivity (Wildman–Crippen MR) is 81.0 cm³/mol. The fourth-order valence-electron chi connectivity index (χ4n) is 2.66. The lowest BCUT2D eigenvalue weighted by molar-refractivity contribution is 0.109. The number of piperidine rings is 1. The molecule has 0 bridgehead atoms. The van der Waals surface area contributed by atoms with Crippen molar-refractivity contribution in [3.63, 3.8) is 0 Å². The van der Waals surface area contributed by atoms with Gasteiger partial charge in [0.2, 0.25) is 0 Å². The molecule has 1 aromatic heterocycles. The minimum absolute atomic E-state index is 0.358. The molecule has 1 fully saturated rings. The van der Waals surface area contributed by atoms with Crippen molar-refractivity contribution in [1.29, 1.82) is 0 Å². The number of hydrogen-bond acceptors (Lipinski definition) is 5. The van der Waals surface area contributed by atoms with Gasteiger partial charge in [-0.05, 0) is 46.7 Å². The van der Waals surface area contributed by atoms with E-state index in [9.17, 15) is 5.11 Å². The van der Waals surface area contributed by atoms with Gasteiger partial charge in [0.25, 0.3) is 0 Å². The second-order valence-corrected chi connectivity index (χ2v) is 5.73. The van der Waals surface area contributed by atoms with E-state index in [2.05, 4.69) is 20.2 Å². The van der Waals surface area contributed by atoms with Crippen LogP contribution in [0.5, 0.6) is 0 Å². The van der Waals surface area contributed by atoms with Crippen LogP contribution < -0.4 is 5.32 Å². The summed E-state index contributed by atoms with van der Waals surface area (Å²) in [5.74, 6) is 1.61. The van der Waals surface area contributed by atoms with E-state index in [4.69, 9.17) is 0 Å². The molecule has 20 heavy (non-hydrogen) atoms. The molecule has 0 aromatic carbocycles. The molecule has 112 valence electrons. The molecule has 0 spiro atoms. The molecule has 1 aliphatic rings. The van der Waals surface area contributed by atoms with Crippen LogP contribution in [0.3, 0.4) is 0 Å². The highest BCUT2D eigenvalue weighted by Gasteiger charge is 2.15.